The van der Waals surface area contributed by atoms with Gasteiger partial charge in [0.1, 0.15) is 0 Å². The summed E-state index contributed by atoms with van der Waals surface area (Å²) in [5.41, 5.74) is 0.698. The van der Waals surface area contributed by atoms with E-state index in [9.17, 15) is 9.59 Å². The van der Waals surface area contributed by atoms with Gasteiger partial charge in [-0.1, -0.05) is 11.6 Å². The Morgan fingerprint density at radius 2 is 2.35 bits per heavy atom. The van der Waals surface area contributed by atoms with Crippen LogP contribution >= 0.6 is 23.4 Å². The summed E-state index contributed by atoms with van der Waals surface area (Å²) in [6, 6.07) is 5.34. The lowest BCUT2D eigenvalue weighted by molar-refractivity contribution is -0.124. The normalized spacial score (nSPS) is 16.6. The number of hydrogen-bond donors (Lipinski definition) is 2. The van der Waals surface area contributed by atoms with Crippen LogP contribution in [0, 0.1) is 0 Å². The van der Waals surface area contributed by atoms with Crippen molar-refractivity contribution in [3.8, 4) is 0 Å². The smallest absolute Gasteiger partial charge is 0.238 e. The summed E-state index contributed by atoms with van der Waals surface area (Å²) in [7, 11) is 0. The lowest BCUT2D eigenvalue weighted by atomic mass is 10.2. The average Bonchev–Trinajstić information content (AvgIpc) is 3.01. The molecule has 1 aromatic carbocycles. The molecule has 3 rings (SSSR count). The molecule has 0 saturated carbocycles. The summed E-state index contributed by atoms with van der Waals surface area (Å²) >= 11 is 7.30. The van der Waals surface area contributed by atoms with Crippen LogP contribution in [0.3, 0.4) is 0 Å². The molecular weight excluding hydrogens is 336 g/mol. The second kappa shape index (κ2) is 7.06. The number of nitrogens with one attached hydrogen (secondary N) is 2. The van der Waals surface area contributed by atoms with Gasteiger partial charge in [0.15, 0.2) is 0 Å². The number of carbonyl (C=O) groups excluding carboxylic acids is 2. The number of nitrogens with zero attached hydrogens (tertiary/aromatic N) is 2. The maximum atomic E-state index is 12.1. The van der Waals surface area contributed by atoms with Crippen molar-refractivity contribution in [2.45, 2.75) is 23.1 Å². The molecule has 2 amide bonds. The largest absolute Gasteiger partial charge is 0.354 e. The third kappa shape index (κ3) is 4.05. The number of anilines is 1. The first-order chi connectivity index (χ1) is 11.1. The zero-order chi connectivity index (χ0) is 16.2. The molecular formula is C15H15ClN4O2S. The van der Waals surface area contributed by atoms with Gasteiger partial charge in [-0.25, -0.2) is 4.98 Å². The van der Waals surface area contributed by atoms with E-state index in [-0.39, 0.29) is 18.2 Å². The Morgan fingerprint density at radius 1 is 1.48 bits per heavy atom. The van der Waals surface area contributed by atoms with Crippen molar-refractivity contribution in [1.29, 1.82) is 0 Å². The van der Waals surface area contributed by atoms with Crippen molar-refractivity contribution in [3.05, 3.63) is 41.9 Å². The van der Waals surface area contributed by atoms with E-state index in [1.807, 2.05) is 16.8 Å². The molecule has 1 unspecified atom stereocenters. The number of aromatic nitrogens is 2. The number of amides is 2. The van der Waals surface area contributed by atoms with Crippen LogP contribution < -0.4 is 10.6 Å². The van der Waals surface area contributed by atoms with Crippen molar-refractivity contribution in [2.24, 2.45) is 0 Å². The van der Waals surface area contributed by atoms with E-state index in [4.69, 9.17) is 11.6 Å². The van der Waals surface area contributed by atoms with Crippen molar-refractivity contribution in [3.63, 3.8) is 0 Å². The van der Waals surface area contributed by atoms with Crippen molar-refractivity contribution >= 4 is 40.9 Å². The molecule has 2 aromatic rings. The number of benzene rings is 1. The van der Waals surface area contributed by atoms with Crippen LogP contribution in [0.2, 0.25) is 5.02 Å². The van der Waals surface area contributed by atoms with Crippen molar-refractivity contribution in [1.82, 2.24) is 14.9 Å². The van der Waals surface area contributed by atoms with Gasteiger partial charge in [-0.05, 0) is 18.2 Å². The minimum Gasteiger partial charge on any atom is -0.354 e. The zero-order valence-corrected chi connectivity index (χ0v) is 13.7. The number of hydrogen-bond acceptors (Lipinski definition) is 4. The van der Waals surface area contributed by atoms with Gasteiger partial charge in [0, 0.05) is 41.8 Å². The van der Waals surface area contributed by atoms with Crippen LogP contribution in [0.1, 0.15) is 6.42 Å². The Kier molecular flexibility index (Phi) is 4.88. The third-order valence-corrected chi connectivity index (χ3v) is 4.89. The summed E-state index contributed by atoms with van der Waals surface area (Å²) in [5.74, 6) is -0.315. The van der Waals surface area contributed by atoms with E-state index < -0.39 is 5.25 Å². The predicted molar refractivity (Wildman–Crippen MR) is 89.6 cm³/mol. The highest BCUT2D eigenvalue weighted by Gasteiger charge is 2.28. The Bertz CT molecular complexity index is 720. The van der Waals surface area contributed by atoms with E-state index >= 15 is 0 Å². The van der Waals surface area contributed by atoms with E-state index in [1.165, 1.54) is 11.8 Å². The number of halogens is 1. The Labute approximate surface area is 142 Å². The predicted octanol–water partition coefficient (Wildman–Crippen LogP) is 2.16. The maximum Gasteiger partial charge on any atom is 0.238 e. The van der Waals surface area contributed by atoms with Gasteiger partial charge >= 0.3 is 0 Å². The van der Waals surface area contributed by atoms with Crippen molar-refractivity contribution < 1.29 is 9.59 Å². The Hall–Kier alpha value is -1.99. The van der Waals surface area contributed by atoms with E-state index in [0.717, 1.165) is 4.90 Å². The lowest BCUT2D eigenvalue weighted by Gasteiger charge is -2.23. The lowest BCUT2D eigenvalue weighted by Crippen LogP contribution is -2.35. The van der Waals surface area contributed by atoms with Crippen LogP contribution in [0.4, 0.5) is 5.69 Å². The number of fused-ring (bicyclic) bond motifs is 1. The molecule has 6 nitrogen and oxygen atoms in total. The molecule has 1 aromatic heterocycles. The Balaban J connectivity index is 1.52. The van der Waals surface area contributed by atoms with Crippen LogP contribution in [0.5, 0.6) is 0 Å². The standard InChI is InChI=1S/C15H15ClN4O2S/c16-10-1-2-12-11(7-10)19-15(22)13(23-12)8-14(21)18-4-6-20-5-3-17-9-20/h1-3,5,7,9,13H,4,6,8H2,(H,18,21)(H,19,22). The highest BCUT2D eigenvalue weighted by molar-refractivity contribution is 8.01. The molecule has 1 atom stereocenters. The summed E-state index contributed by atoms with van der Waals surface area (Å²) in [5, 5.41) is 5.75. The van der Waals surface area contributed by atoms with Gasteiger partial charge in [-0.15, -0.1) is 11.8 Å². The molecule has 0 fully saturated rings. The van der Waals surface area contributed by atoms with Gasteiger partial charge in [0.2, 0.25) is 11.8 Å². The van der Waals surface area contributed by atoms with Gasteiger partial charge in [-0.3, -0.25) is 9.59 Å². The van der Waals surface area contributed by atoms with Crippen molar-refractivity contribution in [2.75, 3.05) is 11.9 Å². The van der Waals surface area contributed by atoms with Crippen LogP contribution in [-0.2, 0) is 16.1 Å². The first-order valence-corrected chi connectivity index (χ1v) is 8.37. The molecule has 1 aliphatic heterocycles. The second-order valence-corrected chi connectivity index (χ2v) is 6.77. The first kappa shape index (κ1) is 15.9. The van der Waals surface area contributed by atoms with E-state index in [0.29, 0.717) is 23.8 Å². The van der Waals surface area contributed by atoms with Gasteiger partial charge in [-0.2, -0.15) is 0 Å². The zero-order valence-electron chi connectivity index (χ0n) is 12.2. The van der Waals surface area contributed by atoms with Crippen LogP contribution in [-0.4, -0.2) is 33.2 Å². The van der Waals surface area contributed by atoms with Gasteiger partial charge < -0.3 is 15.2 Å². The number of imidazole rings is 1. The molecule has 8 heteroatoms. The fourth-order valence-electron chi connectivity index (χ4n) is 2.24. The quantitative estimate of drug-likeness (QED) is 0.866. The highest BCUT2D eigenvalue weighted by atomic mass is 35.5. The minimum atomic E-state index is -0.433. The van der Waals surface area contributed by atoms with E-state index in [1.54, 1.807) is 24.7 Å². The molecule has 23 heavy (non-hydrogen) atoms. The summed E-state index contributed by atoms with van der Waals surface area (Å²) in [6.45, 7) is 1.15. The van der Waals surface area contributed by atoms with Crippen LogP contribution in [0.15, 0.2) is 41.8 Å². The van der Waals surface area contributed by atoms with Gasteiger partial charge in [0.05, 0.1) is 17.3 Å². The molecule has 2 N–H and O–H groups in total. The molecule has 0 saturated heterocycles. The molecule has 0 radical (unpaired) electrons. The average molecular weight is 351 g/mol. The van der Waals surface area contributed by atoms with Crippen LogP contribution in [0.25, 0.3) is 0 Å². The molecule has 120 valence electrons. The summed E-state index contributed by atoms with van der Waals surface area (Å²) in [4.78, 5) is 29.0. The minimum absolute atomic E-state index is 0.141. The monoisotopic (exact) mass is 350 g/mol. The summed E-state index contributed by atoms with van der Waals surface area (Å²) < 4.78 is 1.88. The van der Waals surface area contributed by atoms with E-state index in [2.05, 4.69) is 15.6 Å². The molecule has 0 aliphatic carbocycles. The molecule has 0 bridgehead atoms. The fourth-order valence-corrected chi connectivity index (χ4v) is 3.50. The number of thioether (sulfide) groups is 1. The highest BCUT2D eigenvalue weighted by Crippen LogP contribution is 2.38. The second-order valence-electron chi connectivity index (χ2n) is 5.09. The number of rotatable bonds is 5. The third-order valence-electron chi connectivity index (χ3n) is 3.38. The molecule has 1 aliphatic rings. The number of carbonyl (C=O) groups is 2. The van der Waals surface area contributed by atoms with Gasteiger partial charge in [0.25, 0.3) is 0 Å². The first-order valence-electron chi connectivity index (χ1n) is 7.11. The topological polar surface area (TPSA) is 76.0 Å². The summed E-state index contributed by atoms with van der Waals surface area (Å²) in [6.07, 6.45) is 5.36. The SMILES string of the molecule is O=C(CC1Sc2ccc(Cl)cc2NC1=O)NCCn1ccnc1. The maximum absolute atomic E-state index is 12.1. The Morgan fingerprint density at radius 3 is 3.13 bits per heavy atom. The molecule has 2 heterocycles. The molecule has 0 spiro atoms. The fraction of sp³-hybridized carbons (Fsp3) is 0.267.